The monoisotopic (exact) mass is 318 g/mol. The minimum atomic E-state index is -0.590. The Morgan fingerprint density at radius 1 is 1.61 bits per heavy atom. The summed E-state index contributed by atoms with van der Waals surface area (Å²) in [6.45, 7) is 0.201. The number of aryl methyl sites for hydroxylation is 1. The Kier molecular flexibility index (Phi) is 4.98. The van der Waals surface area contributed by atoms with Crippen molar-refractivity contribution in [2.75, 3.05) is 0 Å². The molecule has 0 aliphatic heterocycles. The lowest BCUT2D eigenvalue weighted by Crippen LogP contribution is -2.30. The van der Waals surface area contributed by atoms with E-state index < -0.39 is 4.92 Å². The highest BCUT2D eigenvalue weighted by Crippen LogP contribution is 2.14. The predicted molar refractivity (Wildman–Crippen MR) is 66.6 cm³/mol. The zero-order valence-corrected chi connectivity index (χ0v) is 10.8. The van der Waals surface area contributed by atoms with Crippen LogP contribution >= 0.6 is 15.9 Å². The molecule has 1 amide bonds. The maximum absolute atomic E-state index is 11.7. The first-order valence-electron chi connectivity index (χ1n) is 4.99. The van der Waals surface area contributed by atoms with Crippen molar-refractivity contribution >= 4 is 27.5 Å². The van der Waals surface area contributed by atoms with Crippen LogP contribution in [-0.2, 0) is 11.3 Å². The quantitative estimate of drug-likeness (QED) is 0.350. The van der Waals surface area contributed by atoms with Crippen molar-refractivity contribution in [3.63, 3.8) is 0 Å². The molecule has 18 heavy (non-hydrogen) atoms. The Hall–Kier alpha value is -1.74. The van der Waals surface area contributed by atoms with E-state index in [0.29, 0.717) is 6.42 Å². The van der Waals surface area contributed by atoms with Crippen LogP contribution in [0.15, 0.2) is 21.5 Å². The Bertz CT molecular complexity index is 528. The second kappa shape index (κ2) is 6.26. The lowest BCUT2D eigenvalue weighted by atomic mass is 10.3. The van der Waals surface area contributed by atoms with Gasteiger partial charge >= 0.3 is 0 Å². The van der Waals surface area contributed by atoms with Crippen LogP contribution < -0.4 is 16.8 Å². The highest BCUT2D eigenvalue weighted by atomic mass is 79.9. The van der Waals surface area contributed by atoms with E-state index in [0.717, 1.165) is 12.3 Å². The second-order valence-electron chi connectivity index (χ2n) is 3.47. The van der Waals surface area contributed by atoms with E-state index in [1.165, 1.54) is 4.57 Å². The Balaban J connectivity index is 2.85. The first-order chi connectivity index (χ1) is 8.45. The zero-order chi connectivity index (χ0) is 13.7. The van der Waals surface area contributed by atoms with Gasteiger partial charge < -0.3 is 4.57 Å². The number of rotatable bonds is 5. The lowest BCUT2D eigenvalue weighted by molar-refractivity contribution is -0.385. The summed E-state index contributed by atoms with van der Waals surface area (Å²) < 4.78 is 1.30. The standard InChI is InChI=1S/C9H11BrN4O4/c10-7-4-6(14(17)18)5-13(9(7)16)3-1-2-8(15)12-11/h4-5H,1-3,11H2,(H,12,15). The third-order valence-electron chi connectivity index (χ3n) is 2.20. The largest absolute Gasteiger partial charge is 0.308 e. The van der Waals surface area contributed by atoms with E-state index in [-0.39, 0.29) is 34.6 Å². The number of aromatic nitrogens is 1. The number of nitrogens with zero attached hydrogens (tertiary/aromatic N) is 2. The van der Waals surface area contributed by atoms with Crippen LogP contribution in [-0.4, -0.2) is 15.4 Å². The van der Waals surface area contributed by atoms with Gasteiger partial charge in [0, 0.05) is 19.0 Å². The molecule has 8 nitrogen and oxygen atoms in total. The fourth-order valence-corrected chi connectivity index (χ4v) is 1.79. The van der Waals surface area contributed by atoms with Crippen molar-refractivity contribution < 1.29 is 9.72 Å². The summed E-state index contributed by atoms with van der Waals surface area (Å²) in [5.74, 6) is 4.55. The highest BCUT2D eigenvalue weighted by Gasteiger charge is 2.12. The molecule has 1 rings (SSSR count). The molecule has 0 bridgehead atoms. The Labute approximate surface area is 110 Å². The summed E-state index contributed by atoms with van der Waals surface area (Å²) in [6, 6.07) is 1.14. The van der Waals surface area contributed by atoms with Gasteiger partial charge in [0.25, 0.3) is 11.2 Å². The molecule has 0 radical (unpaired) electrons. The SMILES string of the molecule is NNC(=O)CCCn1cc([N+](=O)[O-])cc(Br)c1=O. The third-order valence-corrected chi connectivity index (χ3v) is 2.77. The number of hydrogen-bond acceptors (Lipinski definition) is 5. The number of amides is 1. The van der Waals surface area contributed by atoms with Crippen LogP contribution in [0.1, 0.15) is 12.8 Å². The van der Waals surface area contributed by atoms with Crippen molar-refractivity contribution in [2.24, 2.45) is 5.84 Å². The molecule has 0 atom stereocenters. The molecule has 1 aromatic rings. The summed E-state index contributed by atoms with van der Waals surface area (Å²) in [5, 5.41) is 10.6. The first kappa shape index (κ1) is 14.3. The van der Waals surface area contributed by atoms with Crippen molar-refractivity contribution in [2.45, 2.75) is 19.4 Å². The van der Waals surface area contributed by atoms with Gasteiger partial charge in [0.05, 0.1) is 15.6 Å². The molecule has 98 valence electrons. The smallest absolute Gasteiger partial charge is 0.286 e. The predicted octanol–water partition coefficient (Wildman–Crippen LogP) is 0.289. The van der Waals surface area contributed by atoms with Gasteiger partial charge in [-0.2, -0.15) is 0 Å². The molecule has 0 saturated heterocycles. The van der Waals surface area contributed by atoms with Gasteiger partial charge in [-0.25, -0.2) is 5.84 Å². The van der Waals surface area contributed by atoms with Gasteiger partial charge in [0.2, 0.25) is 5.91 Å². The molecule has 1 heterocycles. The summed E-state index contributed by atoms with van der Waals surface area (Å²) in [6.07, 6.45) is 1.65. The summed E-state index contributed by atoms with van der Waals surface area (Å²) in [5.41, 5.74) is 1.39. The average molecular weight is 319 g/mol. The number of carbonyl (C=O) groups excluding carboxylic acids is 1. The van der Waals surface area contributed by atoms with Crippen LogP contribution in [0.5, 0.6) is 0 Å². The van der Waals surface area contributed by atoms with Crippen LogP contribution in [0.4, 0.5) is 5.69 Å². The minimum Gasteiger partial charge on any atom is -0.308 e. The summed E-state index contributed by atoms with van der Waals surface area (Å²) in [4.78, 5) is 32.6. The van der Waals surface area contributed by atoms with Crippen LogP contribution in [0, 0.1) is 10.1 Å². The highest BCUT2D eigenvalue weighted by molar-refractivity contribution is 9.10. The number of hydrogen-bond donors (Lipinski definition) is 2. The Morgan fingerprint density at radius 3 is 2.83 bits per heavy atom. The second-order valence-corrected chi connectivity index (χ2v) is 4.33. The molecule has 3 N–H and O–H groups in total. The van der Waals surface area contributed by atoms with Gasteiger partial charge in [-0.3, -0.25) is 25.1 Å². The summed E-state index contributed by atoms with van der Waals surface area (Å²) in [7, 11) is 0. The third kappa shape index (κ3) is 3.64. The van der Waals surface area contributed by atoms with Gasteiger partial charge in [0.1, 0.15) is 0 Å². The topological polar surface area (TPSA) is 120 Å². The minimum absolute atomic E-state index is 0.111. The molecule has 0 spiro atoms. The summed E-state index contributed by atoms with van der Waals surface area (Å²) >= 11 is 2.96. The van der Waals surface area contributed by atoms with Gasteiger partial charge in [0.15, 0.2) is 0 Å². The fraction of sp³-hybridized carbons (Fsp3) is 0.333. The van der Waals surface area contributed by atoms with E-state index in [4.69, 9.17) is 5.84 Å². The van der Waals surface area contributed by atoms with Crippen molar-refractivity contribution in [1.29, 1.82) is 0 Å². The number of halogens is 1. The molecule has 1 aromatic heterocycles. The van der Waals surface area contributed by atoms with Crippen LogP contribution in [0.2, 0.25) is 0 Å². The number of hydrazine groups is 1. The van der Waals surface area contributed by atoms with Crippen molar-refractivity contribution in [3.05, 3.63) is 37.2 Å². The van der Waals surface area contributed by atoms with E-state index in [1.54, 1.807) is 0 Å². The van der Waals surface area contributed by atoms with Gasteiger partial charge in [-0.15, -0.1) is 0 Å². The molecule has 0 aliphatic carbocycles. The maximum Gasteiger partial charge on any atom is 0.286 e. The molecule has 0 fully saturated rings. The average Bonchev–Trinajstić information content (AvgIpc) is 2.33. The molecule has 0 saturated carbocycles. The lowest BCUT2D eigenvalue weighted by Gasteiger charge is -2.05. The molecule has 0 aromatic carbocycles. The fourth-order valence-electron chi connectivity index (χ4n) is 1.33. The molecule has 0 aliphatic rings. The molecular weight excluding hydrogens is 308 g/mol. The number of nitro groups is 1. The first-order valence-corrected chi connectivity index (χ1v) is 5.79. The number of carbonyl (C=O) groups is 1. The normalized spacial score (nSPS) is 10.1. The van der Waals surface area contributed by atoms with Gasteiger partial charge in [-0.05, 0) is 22.4 Å². The van der Waals surface area contributed by atoms with Crippen molar-refractivity contribution in [3.8, 4) is 0 Å². The van der Waals surface area contributed by atoms with Crippen molar-refractivity contribution in [1.82, 2.24) is 9.99 Å². The Morgan fingerprint density at radius 2 is 2.28 bits per heavy atom. The number of pyridine rings is 1. The molecule has 9 heteroatoms. The van der Waals surface area contributed by atoms with E-state index in [1.807, 2.05) is 5.43 Å². The number of nitrogens with one attached hydrogen (secondary N) is 1. The molecular formula is C9H11BrN4O4. The van der Waals surface area contributed by atoms with Gasteiger partial charge in [-0.1, -0.05) is 0 Å². The zero-order valence-electron chi connectivity index (χ0n) is 9.26. The maximum atomic E-state index is 11.7. The van der Waals surface area contributed by atoms with E-state index in [9.17, 15) is 19.7 Å². The van der Waals surface area contributed by atoms with E-state index in [2.05, 4.69) is 15.9 Å². The van der Waals surface area contributed by atoms with Crippen LogP contribution in [0.3, 0.4) is 0 Å². The van der Waals surface area contributed by atoms with E-state index >= 15 is 0 Å². The van der Waals surface area contributed by atoms with Crippen LogP contribution in [0.25, 0.3) is 0 Å². The number of nitrogens with two attached hydrogens (primary N) is 1. The molecule has 0 unspecified atom stereocenters.